The molecule has 0 bridgehead atoms. The first-order chi connectivity index (χ1) is 9.24. The molecule has 0 N–H and O–H groups in total. The molecule has 3 aromatic rings. The van der Waals surface area contributed by atoms with Crippen LogP contribution < -0.4 is 21.2 Å². The second-order valence-corrected chi connectivity index (χ2v) is 7.41. The van der Waals surface area contributed by atoms with Crippen molar-refractivity contribution in [3.8, 4) is 0 Å². The Labute approximate surface area is 117 Å². The number of fused-ring (bicyclic) bond motifs is 3. The first-order valence-corrected chi connectivity index (χ1v) is 8.94. The number of nitrogens with zero attached hydrogens (tertiary/aromatic N) is 3. The van der Waals surface area contributed by atoms with Gasteiger partial charge in [-0.15, -0.1) is 0 Å². The third kappa shape index (κ3) is 1.65. The van der Waals surface area contributed by atoms with E-state index < -0.39 is 11.6 Å². The van der Waals surface area contributed by atoms with Gasteiger partial charge in [0.15, 0.2) is 0 Å². The van der Waals surface area contributed by atoms with Gasteiger partial charge in [0.1, 0.15) is 0 Å². The maximum absolute atomic E-state index is 13.4. The van der Waals surface area contributed by atoms with Crippen LogP contribution in [0.1, 0.15) is 11.6 Å². The van der Waals surface area contributed by atoms with Gasteiger partial charge in [0, 0.05) is 0 Å². The topological polar surface area (TPSA) is 30.2 Å². The van der Waals surface area contributed by atoms with Gasteiger partial charge in [-0.1, -0.05) is 0 Å². The Morgan fingerprint density at radius 2 is 2.00 bits per heavy atom. The number of halogens is 3. The molecule has 4 rings (SSSR count). The van der Waals surface area contributed by atoms with Crippen LogP contribution in [0.5, 0.6) is 0 Å². The fraction of sp³-hybridized carbons (Fsp3) is 0.231. The molecular weight excluding hydrogens is 363 g/mol. The molecule has 0 spiro atoms. The first-order valence-electron chi connectivity index (χ1n) is 5.89. The van der Waals surface area contributed by atoms with Crippen LogP contribution in [0.4, 0.5) is 8.78 Å². The van der Waals surface area contributed by atoms with Crippen molar-refractivity contribution in [1.82, 2.24) is 14.4 Å². The summed E-state index contributed by atoms with van der Waals surface area (Å²) in [5, 5.41) is 0. The molecule has 3 nitrogen and oxygen atoms in total. The van der Waals surface area contributed by atoms with Gasteiger partial charge in [-0.3, -0.25) is 0 Å². The van der Waals surface area contributed by atoms with Crippen molar-refractivity contribution in [2.45, 2.75) is 5.92 Å². The van der Waals surface area contributed by atoms with Gasteiger partial charge in [0.25, 0.3) is 0 Å². The Morgan fingerprint density at radius 3 is 2.74 bits per heavy atom. The summed E-state index contributed by atoms with van der Waals surface area (Å²) in [7, 11) is 0. The third-order valence-corrected chi connectivity index (χ3v) is 6.74. The molecule has 0 saturated carbocycles. The average molecular weight is 372 g/mol. The van der Waals surface area contributed by atoms with Crippen molar-refractivity contribution in [3.05, 3.63) is 41.9 Å². The fourth-order valence-corrected chi connectivity index (χ4v) is 4.39. The summed E-state index contributed by atoms with van der Waals surface area (Å²) in [6, 6.07) is 2.35. The molecule has 0 aliphatic carbocycles. The SMILES string of the molecule is Fc1cc2nc(C3C[I-]C3)c3nccn3c2cc1F. The third-order valence-electron chi connectivity index (χ3n) is 3.37. The van der Waals surface area contributed by atoms with Gasteiger partial charge >= 0.3 is 118 Å². The quantitative estimate of drug-likeness (QED) is 0.420. The molecule has 1 fully saturated rings. The van der Waals surface area contributed by atoms with Crippen LogP contribution in [0.3, 0.4) is 0 Å². The number of aromatic nitrogens is 3. The van der Waals surface area contributed by atoms with Crippen LogP contribution in [0, 0.1) is 11.6 Å². The number of hydrogen-bond acceptors (Lipinski definition) is 2. The van der Waals surface area contributed by atoms with Crippen molar-refractivity contribution in [2.75, 3.05) is 8.86 Å². The summed E-state index contributed by atoms with van der Waals surface area (Å²) in [5.41, 5.74) is 2.75. The average Bonchev–Trinajstić information content (AvgIpc) is 2.79. The zero-order chi connectivity index (χ0) is 13.0. The number of alkyl halides is 2. The van der Waals surface area contributed by atoms with E-state index in [0.29, 0.717) is 38.2 Å². The van der Waals surface area contributed by atoms with E-state index in [1.165, 1.54) is 21.0 Å². The zero-order valence-corrected chi connectivity index (χ0v) is 11.9. The maximum atomic E-state index is 13.4. The summed E-state index contributed by atoms with van der Waals surface area (Å²) < 4.78 is 31.0. The second-order valence-electron chi connectivity index (χ2n) is 4.57. The van der Waals surface area contributed by atoms with Gasteiger partial charge in [-0.2, -0.15) is 0 Å². The Hall–Kier alpha value is -1.31. The Balaban J connectivity index is 2.11. The van der Waals surface area contributed by atoms with Gasteiger partial charge in [0.05, 0.1) is 0 Å². The Kier molecular flexibility index (Phi) is 2.48. The number of hydrogen-bond donors (Lipinski definition) is 0. The van der Waals surface area contributed by atoms with Crippen molar-refractivity contribution in [2.24, 2.45) is 0 Å². The molecule has 98 valence electrons. The van der Waals surface area contributed by atoms with Crippen LogP contribution in [-0.2, 0) is 0 Å². The minimum absolute atomic E-state index is 0.316. The number of rotatable bonds is 1. The molecule has 19 heavy (non-hydrogen) atoms. The van der Waals surface area contributed by atoms with Gasteiger partial charge in [-0.05, 0) is 0 Å². The summed E-state index contributed by atoms with van der Waals surface area (Å²) in [6.07, 6.45) is 3.45. The molecule has 0 amide bonds. The van der Waals surface area contributed by atoms with Crippen molar-refractivity contribution < 1.29 is 30.0 Å². The summed E-state index contributed by atoms with van der Waals surface area (Å²) >= 11 is 0.316. The van der Waals surface area contributed by atoms with E-state index in [-0.39, 0.29) is 0 Å². The normalized spacial score (nSPS) is 16.5. The van der Waals surface area contributed by atoms with Crippen molar-refractivity contribution in [3.63, 3.8) is 0 Å². The summed E-state index contributed by atoms with van der Waals surface area (Å²) in [4.78, 5) is 8.85. The van der Waals surface area contributed by atoms with Crippen molar-refractivity contribution >= 4 is 16.7 Å². The molecule has 1 aromatic carbocycles. The second kappa shape index (κ2) is 4.09. The molecule has 1 saturated heterocycles. The monoisotopic (exact) mass is 372 g/mol. The van der Waals surface area contributed by atoms with Crippen LogP contribution in [0.25, 0.3) is 16.7 Å². The predicted molar refractivity (Wildman–Crippen MR) is 62.9 cm³/mol. The van der Waals surface area contributed by atoms with Crippen molar-refractivity contribution in [1.29, 1.82) is 0 Å². The van der Waals surface area contributed by atoms with E-state index in [9.17, 15) is 8.78 Å². The molecule has 6 heteroatoms. The molecular formula is C13H9F2IN3-. The Bertz CT molecular complexity index is 795. The Morgan fingerprint density at radius 1 is 1.21 bits per heavy atom. The number of imidazole rings is 1. The van der Waals surface area contributed by atoms with E-state index in [2.05, 4.69) is 9.97 Å². The van der Waals surface area contributed by atoms with Gasteiger partial charge < -0.3 is 0 Å². The molecule has 1 aliphatic rings. The van der Waals surface area contributed by atoms with Gasteiger partial charge in [0.2, 0.25) is 0 Å². The molecule has 3 heterocycles. The van der Waals surface area contributed by atoms with E-state index >= 15 is 0 Å². The first kappa shape index (κ1) is 11.5. The molecule has 0 radical (unpaired) electrons. The minimum atomic E-state index is -0.855. The summed E-state index contributed by atoms with van der Waals surface area (Å²) in [5.74, 6) is -1.27. The van der Waals surface area contributed by atoms with E-state index in [0.717, 1.165) is 11.3 Å². The molecule has 1 aliphatic heterocycles. The molecule has 0 unspecified atom stereocenters. The van der Waals surface area contributed by atoms with E-state index in [4.69, 9.17) is 0 Å². The van der Waals surface area contributed by atoms with Crippen LogP contribution in [0.2, 0.25) is 0 Å². The van der Waals surface area contributed by atoms with Crippen LogP contribution in [0.15, 0.2) is 24.5 Å². The summed E-state index contributed by atoms with van der Waals surface area (Å²) in [6.45, 7) is 0. The molecule has 0 atom stereocenters. The van der Waals surface area contributed by atoms with Crippen LogP contribution in [-0.4, -0.2) is 23.2 Å². The van der Waals surface area contributed by atoms with Crippen LogP contribution >= 0.6 is 0 Å². The molecule has 2 aromatic heterocycles. The number of benzene rings is 1. The predicted octanol–water partition coefficient (Wildman–Crippen LogP) is -0.653. The van der Waals surface area contributed by atoms with E-state index in [1.54, 1.807) is 16.8 Å². The standard InChI is InChI=1S/C13H9F2IN3/c14-8-3-10-11(4-9(8)15)19-2-1-17-13(19)12(18-10)7-5-16-6-7/h1-4,7H,5-6H2/q-1. The fourth-order valence-electron chi connectivity index (χ4n) is 2.31. The zero-order valence-electron chi connectivity index (χ0n) is 9.78. The van der Waals surface area contributed by atoms with E-state index in [1.807, 2.05) is 0 Å². The van der Waals surface area contributed by atoms with Gasteiger partial charge in [-0.25, -0.2) is 0 Å².